The van der Waals surface area contributed by atoms with Crippen molar-refractivity contribution in [3.05, 3.63) is 71.5 Å². The number of halogens is 3. The van der Waals surface area contributed by atoms with Crippen LogP contribution in [-0.2, 0) is 28.7 Å². The quantitative estimate of drug-likeness (QED) is 0.309. The second-order valence-electron chi connectivity index (χ2n) is 9.85. The van der Waals surface area contributed by atoms with Gasteiger partial charge in [-0.2, -0.15) is 18.3 Å². The van der Waals surface area contributed by atoms with Gasteiger partial charge in [-0.3, -0.25) is 14.7 Å². The molecule has 1 aliphatic rings. The van der Waals surface area contributed by atoms with Crippen molar-refractivity contribution in [2.45, 2.75) is 44.6 Å². The molecule has 214 valence electrons. The summed E-state index contributed by atoms with van der Waals surface area (Å²) < 4.78 is 44.8. The Hall–Kier alpha value is -4.45. The molecule has 0 spiro atoms. The number of ether oxygens (including phenoxy) is 1. The summed E-state index contributed by atoms with van der Waals surface area (Å²) in [6.45, 7) is 1.86. The maximum Gasteiger partial charge on any atom is 0.451 e. The minimum atomic E-state index is -4.64. The van der Waals surface area contributed by atoms with E-state index < -0.39 is 24.1 Å². The van der Waals surface area contributed by atoms with Gasteiger partial charge in [0.25, 0.3) is 0 Å². The second-order valence-corrected chi connectivity index (χ2v) is 9.85. The molecule has 1 aromatic heterocycles. The van der Waals surface area contributed by atoms with Crippen molar-refractivity contribution in [2.24, 2.45) is 0 Å². The zero-order valence-corrected chi connectivity index (χ0v) is 22.7. The molecule has 0 saturated carbocycles. The van der Waals surface area contributed by atoms with Crippen molar-refractivity contribution >= 4 is 28.3 Å². The largest absolute Gasteiger partial charge is 0.496 e. The van der Waals surface area contributed by atoms with E-state index in [4.69, 9.17) is 4.74 Å². The fourth-order valence-corrected chi connectivity index (χ4v) is 4.98. The molecule has 5 rings (SSSR count). The van der Waals surface area contributed by atoms with Gasteiger partial charge in [-0.05, 0) is 61.3 Å². The number of hydrogen-bond acceptors (Lipinski definition) is 6. The van der Waals surface area contributed by atoms with E-state index in [-0.39, 0.29) is 24.2 Å². The number of carbonyl (C=O) groups is 2. The lowest BCUT2D eigenvalue weighted by Gasteiger charge is -2.28. The molecule has 0 bridgehead atoms. The van der Waals surface area contributed by atoms with Crippen LogP contribution in [0, 0.1) is 0 Å². The minimum absolute atomic E-state index is 0.0809. The number of aromatic amines is 1. The number of amides is 2. The van der Waals surface area contributed by atoms with Crippen LogP contribution in [0.15, 0.2) is 54.6 Å². The van der Waals surface area contributed by atoms with Crippen LogP contribution in [0.4, 0.5) is 18.9 Å². The molecule has 2 unspecified atom stereocenters. The molecule has 3 N–H and O–H groups in total. The number of likely N-dealkylation sites (N-methyl/N-ethyl adjacent to an activating group) is 1. The molecule has 4 aromatic rings. The molecule has 3 aromatic carbocycles. The van der Waals surface area contributed by atoms with Crippen molar-refractivity contribution < 1.29 is 27.5 Å². The predicted molar refractivity (Wildman–Crippen MR) is 147 cm³/mol. The Balaban J connectivity index is 1.54. The highest BCUT2D eigenvalue weighted by atomic mass is 19.4. The molecule has 2 heterocycles. The van der Waals surface area contributed by atoms with Gasteiger partial charge in [0.2, 0.25) is 17.6 Å². The highest BCUT2D eigenvalue weighted by Gasteiger charge is 2.36. The van der Waals surface area contributed by atoms with Crippen LogP contribution in [0.2, 0.25) is 0 Å². The third kappa shape index (κ3) is 5.60. The number of H-pyrrole nitrogens is 1. The first-order valence-corrected chi connectivity index (χ1v) is 13.1. The van der Waals surface area contributed by atoms with Gasteiger partial charge in [0.1, 0.15) is 11.8 Å². The smallest absolute Gasteiger partial charge is 0.451 e. The maximum atomic E-state index is 14.0. The van der Waals surface area contributed by atoms with Crippen LogP contribution >= 0.6 is 0 Å². The Labute approximate surface area is 234 Å². The number of alkyl halides is 3. The average molecular weight is 567 g/mol. The summed E-state index contributed by atoms with van der Waals surface area (Å²) in [5, 5.41) is 12.9. The second kappa shape index (κ2) is 11.2. The molecule has 1 aliphatic heterocycles. The molecule has 0 radical (unpaired) electrons. The average Bonchev–Trinajstić information content (AvgIpc) is 3.44. The molecule has 0 saturated heterocycles. The number of carbonyl (C=O) groups excluding carboxylic acids is 2. The Morgan fingerprint density at radius 1 is 1.20 bits per heavy atom. The van der Waals surface area contributed by atoms with Crippen molar-refractivity contribution in [2.75, 3.05) is 19.1 Å². The van der Waals surface area contributed by atoms with Crippen LogP contribution in [0.3, 0.4) is 0 Å². The van der Waals surface area contributed by atoms with Crippen molar-refractivity contribution in [3.8, 4) is 17.1 Å². The lowest BCUT2D eigenvalue weighted by Crippen LogP contribution is -2.52. The van der Waals surface area contributed by atoms with E-state index in [0.717, 1.165) is 16.6 Å². The van der Waals surface area contributed by atoms with E-state index in [0.29, 0.717) is 35.1 Å². The lowest BCUT2D eigenvalue weighted by molar-refractivity contribution is -0.144. The van der Waals surface area contributed by atoms with Crippen LogP contribution < -0.4 is 20.3 Å². The molecular formula is C29H29F3N6O3. The van der Waals surface area contributed by atoms with E-state index in [1.165, 1.54) is 7.11 Å². The molecular weight excluding hydrogens is 537 g/mol. The third-order valence-corrected chi connectivity index (χ3v) is 7.33. The summed E-state index contributed by atoms with van der Waals surface area (Å²) in [5.74, 6) is -1.23. The third-order valence-electron chi connectivity index (χ3n) is 7.33. The summed E-state index contributed by atoms with van der Waals surface area (Å²) in [5.41, 5.74) is 2.83. The van der Waals surface area contributed by atoms with Gasteiger partial charge in [0, 0.05) is 16.8 Å². The van der Waals surface area contributed by atoms with Gasteiger partial charge in [-0.25, -0.2) is 4.98 Å². The molecule has 0 fully saturated rings. The number of para-hydroxylation sites is 1. The maximum absolute atomic E-state index is 14.0. The van der Waals surface area contributed by atoms with Crippen LogP contribution in [0.25, 0.3) is 22.2 Å². The van der Waals surface area contributed by atoms with E-state index in [9.17, 15) is 22.8 Å². The van der Waals surface area contributed by atoms with E-state index in [1.54, 1.807) is 49.2 Å². The standard InChI is InChI=1S/C29H29F3N6O3/c1-16(33-2)26(39)34-22-12-9-17-6-4-5-7-23(17)38(27(22)40)15-21-20-11-8-19(14-18(20)10-13-24(21)41-3)25-35-28(37-36-25)29(30,31)32/h4-8,10-11,13-14,16,22,33H,9,12,15H2,1-3H3,(H,34,39)(H,35,36,37). The molecule has 2 atom stereocenters. The van der Waals surface area contributed by atoms with Gasteiger partial charge in [-0.15, -0.1) is 0 Å². The Morgan fingerprint density at radius 3 is 2.68 bits per heavy atom. The van der Waals surface area contributed by atoms with Gasteiger partial charge < -0.3 is 20.3 Å². The summed E-state index contributed by atoms with van der Waals surface area (Å²) in [6, 6.07) is 15.1. The number of benzene rings is 3. The molecule has 0 aliphatic carbocycles. The monoisotopic (exact) mass is 566 g/mol. The molecule has 41 heavy (non-hydrogen) atoms. The van der Waals surface area contributed by atoms with Crippen molar-refractivity contribution in [3.63, 3.8) is 0 Å². The summed E-state index contributed by atoms with van der Waals surface area (Å²) in [7, 11) is 3.21. The Bertz CT molecular complexity index is 1600. The van der Waals surface area contributed by atoms with E-state index in [2.05, 4.69) is 20.7 Å². The van der Waals surface area contributed by atoms with Gasteiger partial charge in [-0.1, -0.05) is 36.4 Å². The van der Waals surface area contributed by atoms with E-state index >= 15 is 0 Å². The number of fused-ring (bicyclic) bond motifs is 2. The summed E-state index contributed by atoms with van der Waals surface area (Å²) in [4.78, 5) is 31.9. The first-order valence-electron chi connectivity index (χ1n) is 13.1. The lowest BCUT2D eigenvalue weighted by atomic mass is 9.99. The number of anilines is 1. The fourth-order valence-electron chi connectivity index (χ4n) is 4.98. The molecule has 9 nitrogen and oxygen atoms in total. The van der Waals surface area contributed by atoms with Crippen LogP contribution in [-0.4, -0.2) is 53.2 Å². The normalized spacial score (nSPS) is 16.3. The number of nitrogens with zero attached hydrogens (tertiary/aromatic N) is 3. The van der Waals surface area contributed by atoms with Crippen LogP contribution in [0.1, 0.15) is 30.3 Å². The summed E-state index contributed by atoms with van der Waals surface area (Å²) in [6.07, 6.45) is -3.59. The highest BCUT2D eigenvalue weighted by Crippen LogP contribution is 2.36. The fraction of sp³-hybridized carbons (Fsp3) is 0.310. The number of nitrogens with one attached hydrogen (secondary N) is 3. The SMILES string of the molecule is CNC(C)C(=O)NC1CCc2ccccc2N(Cc2c(OC)ccc3cc(-c4n[nH]c(C(F)(F)F)n4)ccc23)C1=O. The first-order chi connectivity index (χ1) is 19.6. The number of rotatable bonds is 7. The number of methoxy groups -OCH3 is 1. The van der Waals surface area contributed by atoms with Crippen LogP contribution in [0.5, 0.6) is 5.75 Å². The van der Waals surface area contributed by atoms with Gasteiger partial charge in [0.15, 0.2) is 5.82 Å². The zero-order valence-electron chi connectivity index (χ0n) is 22.7. The topological polar surface area (TPSA) is 112 Å². The first kappa shape index (κ1) is 28.1. The molecule has 12 heteroatoms. The summed E-state index contributed by atoms with van der Waals surface area (Å²) >= 11 is 0. The zero-order chi connectivity index (χ0) is 29.3. The van der Waals surface area contributed by atoms with E-state index in [1.807, 2.05) is 29.4 Å². The number of aromatic nitrogens is 3. The number of hydrogen-bond donors (Lipinski definition) is 3. The van der Waals surface area contributed by atoms with Gasteiger partial charge in [0.05, 0.1) is 19.7 Å². The predicted octanol–water partition coefficient (Wildman–Crippen LogP) is 4.22. The minimum Gasteiger partial charge on any atom is -0.496 e. The van der Waals surface area contributed by atoms with Gasteiger partial charge >= 0.3 is 6.18 Å². The highest BCUT2D eigenvalue weighted by molar-refractivity contribution is 6.02. The van der Waals surface area contributed by atoms with Crippen molar-refractivity contribution in [1.29, 1.82) is 0 Å². The number of aryl methyl sites for hydroxylation is 1. The Kier molecular flexibility index (Phi) is 7.68. The van der Waals surface area contributed by atoms with Crippen molar-refractivity contribution in [1.82, 2.24) is 25.8 Å². The molecule has 2 amide bonds. The Morgan fingerprint density at radius 2 is 1.98 bits per heavy atom.